The number of aliphatic hydroxyl groups is 1. The zero-order valence-electron chi connectivity index (χ0n) is 11.7. The van der Waals surface area contributed by atoms with Gasteiger partial charge in [-0.1, -0.05) is 18.2 Å². The first-order chi connectivity index (χ1) is 9.83. The molecule has 2 atom stereocenters. The lowest BCUT2D eigenvalue weighted by molar-refractivity contribution is -0.159. The van der Waals surface area contributed by atoms with Crippen molar-refractivity contribution in [3.8, 4) is 0 Å². The summed E-state index contributed by atoms with van der Waals surface area (Å²) in [5.41, 5.74) is 5.06. The van der Waals surface area contributed by atoms with Crippen molar-refractivity contribution >= 4 is 22.7 Å². The molecule has 5 N–H and O–H groups in total. The fourth-order valence-corrected chi connectivity index (χ4v) is 2.34. The van der Waals surface area contributed by atoms with Gasteiger partial charge in [0.15, 0.2) is 5.60 Å². The van der Waals surface area contributed by atoms with E-state index in [9.17, 15) is 19.8 Å². The number of nitrogens with two attached hydrogens (primary N) is 1. The van der Waals surface area contributed by atoms with Crippen LogP contribution in [0.15, 0.2) is 30.5 Å². The fraction of sp³-hybridized carbons (Fsp3) is 0.333. The Morgan fingerprint density at radius 2 is 2.05 bits per heavy atom. The molecule has 0 saturated carbocycles. The van der Waals surface area contributed by atoms with E-state index in [0.717, 1.165) is 10.9 Å². The topological polar surface area (TPSA) is 116 Å². The molecule has 2 rings (SSSR count). The Labute approximate surface area is 121 Å². The van der Waals surface area contributed by atoms with Crippen molar-refractivity contribution in [1.82, 2.24) is 4.98 Å². The van der Waals surface area contributed by atoms with Crippen molar-refractivity contribution in [1.29, 1.82) is 0 Å². The fourth-order valence-electron chi connectivity index (χ4n) is 2.34. The van der Waals surface area contributed by atoms with E-state index in [1.807, 2.05) is 24.3 Å². The molecule has 0 spiro atoms. The zero-order valence-corrected chi connectivity index (χ0v) is 11.7. The minimum Gasteiger partial charge on any atom is -0.479 e. The first-order valence-corrected chi connectivity index (χ1v) is 6.60. The number of ketones is 1. The maximum atomic E-state index is 11.4. The van der Waals surface area contributed by atoms with Gasteiger partial charge in [0, 0.05) is 29.9 Å². The van der Waals surface area contributed by atoms with Crippen LogP contribution in [0.25, 0.3) is 10.9 Å². The maximum Gasteiger partial charge on any atom is 0.336 e. The Hall–Kier alpha value is -2.18. The number of hydrogen-bond acceptors (Lipinski definition) is 4. The predicted octanol–water partition coefficient (Wildman–Crippen LogP) is 0.832. The number of Topliss-reactive ketones (excluding diaryl/α,β-unsaturated/α-hetero) is 1. The van der Waals surface area contributed by atoms with Crippen molar-refractivity contribution in [2.24, 2.45) is 5.73 Å². The molecule has 0 aliphatic heterocycles. The molecule has 0 fully saturated rings. The molecule has 2 aromatic rings. The van der Waals surface area contributed by atoms with Gasteiger partial charge in [-0.25, -0.2) is 4.79 Å². The van der Waals surface area contributed by atoms with Crippen LogP contribution in [0.4, 0.5) is 0 Å². The minimum absolute atomic E-state index is 0.118. The van der Waals surface area contributed by atoms with Crippen molar-refractivity contribution < 1.29 is 19.8 Å². The van der Waals surface area contributed by atoms with Crippen LogP contribution in [0.5, 0.6) is 0 Å². The standard InChI is InChI=1S/C15H18N2O4/c1-9(18)12(16)7-15(21,14(19)20)6-10-8-17-13-5-3-2-4-11(10)13/h2-5,8,12,17,21H,6-7,16H2,1H3,(H,19,20). The molecule has 112 valence electrons. The van der Waals surface area contributed by atoms with E-state index < -0.39 is 17.6 Å². The third kappa shape index (κ3) is 3.12. The monoisotopic (exact) mass is 290 g/mol. The van der Waals surface area contributed by atoms with Crippen LogP contribution < -0.4 is 5.73 Å². The summed E-state index contributed by atoms with van der Waals surface area (Å²) in [6.45, 7) is 1.28. The molecule has 0 radical (unpaired) electrons. The van der Waals surface area contributed by atoms with Crippen LogP contribution in [0.2, 0.25) is 0 Å². The Kier molecular flexibility index (Phi) is 4.11. The summed E-state index contributed by atoms with van der Waals surface area (Å²) in [5, 5.41) is 20.5. The van der Waals surface area contributed by atoms with E-state index in [-0.39, 0.29) is 18.6 Å². The van der Waals surface area contributed by atoms with Crippen LogP contribution in [0, 0.1) is 0 Å². The average Bonchev–Trinajstić information content (AvgIpc) is 2.81. The first kappa shape index (κ1) is 15.2. The van der Waals surface area contributed by atoms with Crippen LogP contribution >= 0.6 is 0 Å². The van der Waals surface area contributed by atoms with Gasteiger partial charge in [0.05, 0.1) is 6.04 Å². The van der Waals surface area contributed by atoms with Gasteiger partial charge >= 0.3 is 5.97 Å². The lowest BCUT2D eigenvalue weighted by Crippen LogP contribution is -2.47. The number of para-hydroxylation sites is 1. The molecule has 6 heteroatoms. The Bertz CT molecular complexity index is 679. The van der Waals surface area contributed by atoms with Gasteiger partial charge in [0.1, 0.15) is 5.78 Å². The van der Waals surface area contributed by atoms with E-state index in [1.165, 1.54) is 6.92 Å². The molecule has 1 aromatic carbocycles. The molecule has 0 bridgehead atoms. The van der Waals surface area contributed by atoms with Crippen molar-refractivity contribution in [2.45, 2.75) is 31.4 Å². The lowest BCUT2D eigenvalue weighted by atomic mass is 9.87. The van der Waals surface area contributed by atoms with Gasteiger partial charge in [-0.2, -0.15) is 0 Å². The van der Waals surface area contributed by atoms with Crippen molar-refractivity contribution in [3.63, 3.8) is 0 Å². The number of fused-ring (bicyclic) bond motifs is 1. The highest BCUT2D eigenvalue weighted by molar-refractivity contribution is 5.86. The number of carboxylic acid groups (broad SMARTS) is 1. The summed E-state index contributed by atoms with van der Waals surface area (Å²) in [6, 6.07) is 6.39. The summed E-state index contributed by atoms with van der Waals surface area (Å²) in [5.74, 6) is -1.74. The molecule has 2 unspecified atom stereocenters. The third-order valence-corrected chi connectivity index (χ3v) is 3.64. The van der Waals surface area contributed by atoms with Crippen LogP contribution in [0.1, 0.15) is 18.9 Å². The number of H-pyrrole nitrogens is 1. The number of nitrogens with one attached hydrogen (secondary N) is 1. The van der Waals surface area contributed by atoms with Gasteiger partial charge < -0.3 is 20.9 Å². The molecular formula is C15H18N2O4. The van der Waals surface area contributed by atoms with Gasteiger partial charge in [-0.3, -0.25) is 4.79 Å². The number of aliphatic carboxylic acids is 1. The molecule has 1 aromatic heterocycles. The van der Waals surface area contributed by atoms with Crippen LogP contribution in [-0.4, -0.2) is 38.6 Å². The van der Waals surface area contributed by atoms with Crippen molar-refractivity contribution in [2.75, 3.05) is 0 Å². The average molecular weight is 290 g/mol. The van der Waals surface area contributed by atoms with Gasteiger partial charge in [-0.15, -0.1) is 0 Å². The number of carbonyl (C=O) groups is 2. The molecule has 0 aliphatic rings. The highest BCUT2D eigenvalue weighted by Gasteiger charge is 2.39. The molecule has 0 aliphatic carbocycles. The third-order valence-electron chi connectivity index (χ3n) is 3.64. The van der Waals surface area contributed by atoms with Crippen LogP contribution in [0.3, 0.4) is 0 Å². The number of hydrogen-bond donors (Lipinski definition) is 4. The molecule has 21 heavy (non-hydrogen) atoms. The molecular weight excluding hydrogens is 272 g/mol. The Morgan fingerprint density at radius 3 is 2.67 bits per heavy atom. The summed E-state index contributed by atoms with van der Waals surface area (Å²) in [7, 11) is 0. The Morgan fingerprint density at radius 1 is 1.38 bits per heavy atom. The number of carbonyl (C=O) groups excluding carboxylic acids is 1. The second kappa shape index (κ2) is 5.67. The number of aromatic amines is 1. The predicted molar refractivity (Wildman–Crippen MR) is 77.9 cm³/mol. The normalized spacial score (nSPS) is 15.6. The van der Waals surface area contributed by atoms with Crippen LogP contribution in [-0.2, 0) is 16.0 Å². The summed E-state index contributed by atoms with van der Waals surface area (Å²) < 4.78 is 0. The highest BCUT2D eigenvalue weighted by Crippen LogP contribution is 2.25. The quantitative estimate of drug-likeness (QED) is 0.629. The first-order valence-electron chi connectivity index (χ1n) is 6.60. The second-order valence-corrected chi connectivity index (χ2v) is 5.29. The molecule has 0 amide bonds. The molecule has 6 nitrogen and oxygen atoms in total. The van der Waals surface area contributed by atoms with Gasteiger partial charge in [0.2, 0.25) is 0 Å². The van der Waals surface area contributed by atoms with Crippen molar-refractivity contribution in [3.05, 3.63) is 36.0 Å². The number of rotatable bonds is 6. The lowest BCUT2D eigenvalue weighted by Gasteiger charge is -2.25. The van der Waals surface area contributed by atoms with E-state index in [1.54, 1.807) is 6.20 Å². The smallest absolute Gasteiger partial charge is 0.336 e. The van der Waals surface area contributed by atoms with Gasteiger partial charge in [0.25, 0.3) is 0 Å². The maximum absolute atomic E-state index is 11.4. The largest absolute Gasteiger partial charge is 0.479 e. The second-order valence-electron chi connectivity index (χ2n) is 5.29. The van der Waals surface area contributed by atoms with E-state index >= 15 is 0 Å². The van der Waals surface area contributed by atoms with E-state index in [0.29, 0.717) is 5.56 Å². The number of benzene rings is 1. The summed E-state index contributed by atoms with van der Waals surface area (Å²) in [6.07, 6.45) is 1.22. The summed E-state index contributed by atoms with van der Waals surface area (Å²) in [4.78, 5) is 25.7. The Balaban J connectivity index is 2.31. The highest BCUT2D eigenvalue weighted by atomic mass is 16.4. The van der Waals surface area contributed by atoms with E-state index in [4.69, 9.17) is 5.73 Å². The molecule has 1 heterocycles. The molecule has 0 saturated heterocycles. The van der Waals surface area contributed by atoms with Gasteiger partial charge in [-0.05, 0) is 18.6 Å². The zero-order chi connectivity index (χ0) is 15.6. The number of carboxylic acids is 1. The van der Waals surface area contributed by atoms with E-state index in [2.05, 4.69) is 4.98 Å². The SMILES string of the molecule is CC(=O)C(N)CC(O)(Cc1c[nH]c2ccccc12)C(=O)O. The number of aromatic nitrogens is 1. The summed E-state index contributed by atoms with van der Waals surface area (Å²) >= 11 is 0. The minimum atomic E-state index is -2.07.